The molecule has 0 aromatic heterocycles. The zero-order valence-corrected chi connectivity index (χ0v) is 11.0. The van der Waals surface area contributed by atoms with Gasteiger partial charge in [0.25, 0.3) is 0 Å². The van der Waals surface area contributed by atoms with Crippen molar-refractivity contribution in [3.05, 3.63) is 0 Å². The molecule has 0 bridgehead atoms. The van der Waals surface area contributed by atoms with Crippen molar-refractivity contribution in [1.29, 1.82) is 0 Å². The summed E-state index contributed by atoms with van der Waals surface area (Å²) in [6.07, 6.45) is 1.54. The van der Waals surface area contributed by atoms with Crippen LogP contribution in [-0.2, 0) is 14.3 Å². The number of ether oxygens (including phenoxy) is 1. The van der Waals surface area contributed by atoms with Gasteiger partial charge in [0.1, 0.15) is 6.54 Å². The van der Waals surface area contributed by atoms with E-state index in [9.17, 15) is 9.59 Å². The first kappa shape index (κ1) is 14.9. The third kappa shape index (κ3) is 4.62. The first-order chi connectivity index (χ1) is 8.54. The van der Waals surface area contributed by atoms with E-state index in [-0.39, 0.29) is 18.4 Å². The predicted molar refractivity (Wildman–Crippen MR) is 66.3 cm³/mol. The Morgan fingerprint density at radius 3 is 2.78 bits per heavy atom. The van der Waals surface area contributed by atoms with Gasteiger partial charge in [0.2, 0.25) is 5.91 Å². The number of aliphatic carboxylic acids is 1. The second-order valence-corrected chi connectivity index (χ2v) is 4.72. The molecule has 1 saturated heterocycles. The summed E-state index contributed by atoms with van der Waals surface area (Å²) in [6, 6.07) is 0.307. The normalized spacial score (nSPS) is 23.7. The number of methoxy groups -OCH3 is 1. The molecule has 1 fully saturated rings. The number of piperidine rings is 1. The number of amides is 1. The number of carboxylic acid groups (broad SMARTS) is 1. The minimum Gasteiger partial charge on any atom is -0.480 e. The number of nitrogens with one attached hydrogen (secondary N) is 1. The van der Waals surface area contributed by atoms with Crippen LogP contribution in [-0.4, -0.2) is 61.3 Å². The first-order valence-electron chi connectivity index (χ1n) is 6.27. The number of nitrogens with zero attached hydrogens (tertiary/aromatic N) is 1. The summed E-state index contributed by atoms with van der Waals surface area (Å²) in [5, 5.41) is 12.1. The summed E-state index contributed by atoms with van der Waals surface area (Å²) in [7, 11) is 1.54. The van der Waals surface area contributed by atoms with Crippen LogP contribution in [0.2, 0.25) is 0 Å². The largest absolute Gasteiger partial charge is 0.480 e. The quantitative estimate of drug-likeness (QED) is 0.697. The van der Waals surface area contributed by atoms with Gasteiger partial charge in [0.15, 0.2) is 0 Å². The molecule has 104 valence electrons. The van der Waals surface area contributed by atoms with E-state index in [4.69, 9.17) is 9.84 Å². The number of carboxylic acids is 1. The van der Waals surface area contributed by atoms with E-state index in [1.165, 1.54) is 12.0 Å². The van der Waals surface area contributed by atoms with Crippen LogP contribution in [0.3, 0.4) is 0 Å². The molecule has 0 saturated carbocycles. The van der Waals surface area contributed by atoms with Crippen molar-refractivity contribution in [2.75, 3.05) is 33.4 Å². The van der Waals surface area contributed by atoms with Crippen LogP contribution >= 0.6 is 0 Å². The standard InChI is InChI=1S/C12H22N2O4/c1-9-7-10(3-4-13-9)12(17)14(5-6-18-2)8-11(15)16/h9-10,13H,3-8H2,1-2H3,(H,15,16). The number of carbonyl (C=O) groups excluding carboxylic acids is 1. The highest BCUT2D eigenvalue weighted by atomic mass is 16.5. The topological polar surface area (TPSA) is 78.9 Å². The fourth-order valence-electron chi connectivity index (χ4n) is 2.25. The lowest BCUT2D eigenvalue weighted by Gasteiger charge is -2.31. The van der Waals surface area contributed by atoms with E-state index in [1.807, 2.05) is 6.92 Å². The minimum atomic E-state index is -0.985. The summed E-state index contributed by atoms with van der Waals surface area (Å²) in [6.45, 7) is 3.29. The maximum Gasteiger partial charge on any atom is 0.323 e. The van der Waals surface area contributed by atoms with E-state index in [0.717, 1.165) is 19.4 Å². The van der Waals surface area contributed by atoms with Crippen molar-refractivity contribution in [2.45, 2.75) is 25.8 Å². The van der Waals surface area contributed by atoms with E-state index in [1.54, 1.807) is 0 Å². The fraction of sp³-hybridized carbons (Fsp3) is 0.833. The van der Waals surface area contributed by atoms with E-state index >= 15 is 0 Å². The fourth-order valence-corrected chi connectivity index (χ4v) is 2.25. The molecule has 0 aromatic carbocycles. The molecule has 0 spiro atoms. The van der Waals surface area contributed by atoms with Crippen molar-refractivity contribution >= 4 is 11.9 Å². The number of hydrogen-bond acceptors (Lipinski definition) is 4. The van der Waals surface area contributed by atoms with Gasteiger partial charge in [0, 0.05) is 25.6 Å². The molecule has 18 heavy (non-hydrogen) atoms. The highest BCUT2D eigenvalue weighted by Gasteiger charge is 2.29. The van der Waals surface area contributed by atoms with Crippen LogP contribution in [0.1, 0.15) is 19.8 Å². The molecule has 1 rings (SSSR count). The van der Waals surface area contributed by atoms with Crippen LogP contribution in [0.15, 0.2) is 0 Å². The van der Waals surface area contributed by atoms with Crippen LogP contribution in [0.25, 0.3) is 0 Å². The number of carbonyl (C=O) groups is 2. The maximum atomic E-state index is 12.3. The molecular weight excluding hydrogens is 236 g/mol. The van der Waals surface area contributed by atoms with Gasteiger partial charge in [-0.2, -0.15) is 0 Å². The molecule has 2 N–H and O–H groups in total. The molecule has 1 heterocycles. The minimum absolute atomic E-state index is 0.0669. The van der Waals surface area contributed by atoms with Gasteiger partial charge in [-0.15, -0.1) is 0 Å². The Morgan fingerprint density at radius 2 is 2.22 bits per heavy atom. The molecule has 0 radical (unpaired) electrons. The van der Waals surface area contributed by atoms with Crippen LogP contribution < -0.4 is 5.32 Å². The van der Waals surface area contributed by atoms with Gasteiger partial charge < -0.3 is 20.1 Å². The van der Waals surface area contributed by atoms with Gasteiger partial charge >= 0.3 is 5.97 Å². The second-order valence-electron chi connectivity index (χ2n) is 4.72. The summed E-state index contributed by atoms with van der Waals surface area (Å²) in [4.78, 5) is 24.4. The average molecular weight is 258 g/mol. The summed E-state index contributed by atoms with van der Waals surface area (Å²) in [5.41, 5.74) is 0. The highest BCUT2D eigenvalue weighted by molar-refractivity contribution is 5.83. The molecule has 1 aliphatic rings. The van der Waals surface area contributed by atoms with Crippen molar-refractivity contribution < 1.29 is 19.4 Å². The van der Waals surface area contributed by atoms with Crippen LogP contribution in [0.5, 0.6) is 0 Å². The van der Waals surface area contributed by atoms with Gasteiger partial charge in [-0.1, -0.05) is 0 Å². The van der Waals surface area contributed by atoms with Gasteiger partial charge in [-0.05, 0) is 26.3 Å². The Hall–Kier alpha value is -1.14. The van der Waals surface area contributed by atoms with Gasteiger partial charge in [-0.25, -0.2) is 0 Å². The Morgan fingerprint density at radius 1 is 1.50 bits per heavy atom. The lowest BCUT2D eigenvalue weighted by Crippen LogP contribution is -2.46. The monoisotopic (exact) mass is 258 g/mol. The third-order valence-corrected chi connectivity index (χ3v) is 3.18. The summed E-state index contributed by atoms with van der Waals surface area (Å²) in [5.74, 6) is -1.12. The highest BCUT2D eigenvalue weighted by Crippen LogP contribution is 2.18. The van der Waals surface area contributed by atoms with Crippen LogP contribution in [0, 0.1) is 5.92 Å². The lowest BCUT2D eigenvalue weighted by molar-refractivity contribution is -0.147. The molecule has 2 unspecified atom stereocenters. The number of hydrogen-bond donors (Lipinski definition) is 2. The first-order valence-corrected chi connectivity index (χ1v) is 6.27. The van der Waals surface area contributed by atoms with Crippen molar-refractivity contribution in [1.82, 2.24) is 10.2 Å². The van der Waals surface area contributed by atoms with Crippen molar-refractivity contribution in [3.8, 4) is 0 Å². The molecule has 0 aliphatic carbocycles. The SMILES string of the molecule is COCCN(CC(=O)O)C(=O)C1CCNC(C)C1. The Balaban J connectivity index is 2.58. The zero-order valence-electron chi connectivity index (χ0n) is 11.0. The average Bonchev–Trinajstić information content (AvgIpc) is 2.33. The summed E-state index contributed by atoms with van der Waals surface area (Å²) >= 11 is 0. The molecule has 1 amide bonds. The molecule has 6 heteroatoms. The van der Waals surface area contributed by atoms with Gasteiger partial charge in [0.05, 0.1) is 6.61 Å². The number of rotatable bonds is 6. The second kappa shape index (κ2) is 7.33. The van der Waals surface area contributed by atoms with E-state index in [2.05, 4.69) is 5.32 Å². The van der Waals surface area contributed by atoms with Gasteiger partial charge in [-0.3, -0.25) is 9.59 Å². The zero-order chi connectivity index (χ0) is 13.5. The van der Waals surface area contributed by atoms with E-state index in [0.29, 0.717) is 19.2 Å². The predicted octanol–water partition coefficient (Wildman–Crippen LogP) is -0.0659. The van der Waals surface area contributed by atoms with Crippen LogP contribution in [0.4, 0.5) is 0 Å². The van der Waals surface area contributed by atoms with E-state index < -0.39 is 5.97 Å². The molecular formula is C12H22N2O4. The Kier molecular flexibility index (Phi) is 6.07. The maximum absolute atomic E-state index is 12.3. The molecule has 2 atom stereocenters. The Bertz CT molecular complexity index is 296. The van der Waals surface area contributed by atoms with Crippen molar-refractivity contribution in [2.24, 2.45) is 5.92 Å². The molecule has 0 aromatic rings. The van der Waals surface area contributed by atoms with Crippen molar-refractivity contribution in [3.63, 3.8) is 0 Å². The molecule has 6 nitrogen and oxygen atoms in total. The lowest BCUT2D eigenvalue weighted by atomic mass is 9.92. The smallest absolute Gasteiger partial charge is 0.323 e. The summed E-state index contributed by atoms with van der Waals surface area (Å²) < 4.78 is 4.91. The Labute approximate surface area is 107 Å². The third-order valence-electron chi connectivity index (χ3n) is 3.18. The molecule has 1 aliphatic heterocycles.